The zero-order valence-corrected chi connectivity index (χ0v) is 21.0. The summed E-state index contributed by atoms with van der Waals surface area (Å²) in [6, 6.07) is 0. The topological polar surface area (TPSA) is 9.23 Å². The molecule has 0 N–H and O–H groups in total. The molecule has 0 aromatic heterocycles. The van der Waals surface area contributed by atoms with E-state index in [-0.39, 0.29) is 39.9 Å². The van der Waals surface area contributed by atoms with E-state index in [2.05, 4.69) is 46.1 Å². The molecular formula is C30H39F3O. The van der Waals surface area contributed by atoms with Crippen LogP contribution in [0.4, 0.5) is 13.2 Å². The Morgan fingerprint density at radius 3 is 1.91 bits per heavy atom. The largest absolute Gasteiger partial charge is 0.378 e. The van der Waals surface area contributed by atoms with Crippen molar-refractivity contribution in [3.63, 3.8) is 0 Å². The van der Waals surface area contributed by atoms with Crippen LogP contribution in [0.5, 0.6) is 0 Å². The van der Waals surface area contributed by atoms with Crippen LogP contribution in [0.2, 0.25) is 0 Å². The van der Waals surface area contributed by atoms with Gasteiger partial charge < -0.3 is 4.74 Å². The van der Waals surface area contributed by atoms with Gasteiger partial charge in [0.1, 0.15) is 5.83 Å². The fraction of sp³-hybridized carbons (Fsp3) is 0.333. The standard InChI is InChI=1S/C30H39F3O/c1-11-12-13-14-15-23(6)29(32)30(33)27(10)22(5)17-16-21(4)26(9)28(31)18-24(7)25(8)19-34-20(2)3/h11,16-18,20,25H,1,4-7,9-10,12-15,19H2,2-3,8H3/b17-16-,28-18+,30-29-. The number of hydrogen-bond donors (Lipinski definition) is 0. The summed E-state index contributed by atoms with van der Waals surface area (Å²) in [5, 5.41) is 0. The lowest BCUT2D eigenvalue weighted by Crippen LogP contribution is -2.12. The quantitative estimate of drug-likeness (QED) is 0.116. The Bertz CT molecular complexity index is 909. The van der Waals surface area contributed by atoms with E-state index < -0.39 is 17.5 Å². The fourth-order valence-electron chi connectivity index (χ4n) is 2.56. The highest BCUT2D eigenvalue weighted by Crippen LogP contribution is 2.29. The summed E-state index contributed by atoms with van der Waals surface area (Å²) < 4.78 is 49.0. The normalized spacial score (nSPS) is 13.4. The lowest BCUT2D eigenvalue weighted by Gasteiger charge is -2.15. The third-order valence-electron chi connectivity index (χ3n) is 5.08. The summed E-state index contributed by atoms with van der Waals surface area (Å²) in [5.74, 6) is -2.82. The van der Waals surface area contributed by atoms with Gasteiger partial charge in [-0.25, -0.2) is 13.2 Å². The summed E-state index contributed by atoms with van der Waals surface area (Å²) >= 11 is 0. The molecule has 0 aliphatic heterocycles. The third-order valence-corrected chi connectivity index (χ3v) is 5.08. The van der Waals surface area contributed by atoms with Gasteiger partial charge in [-0.3, -0.25) is 0 Å². The summed E-state index contributed by atoms with van der Waals surface area (Å²) in [5.41, 5.74) is 0.817. The minimum absolute atomic E-state index is 0.0443. The molecule has 34 heavy (non-hydrogen) atoms. The van der Waals surface area contributed by atoms with Crippen LogP contribution in [0.1, 0.15) is 46.5 Å². The average Bonchev–Trinajstić information content (AvgIpc) is 2.80. The Balaban J connectivity index is 5.11. The van der Waals surface area contributed by atoms with Crippen molar-refractivity contribution < 1.29 is 17.9 Å². The molecule has 0 bridgehead atoms. The Kier molecular flexibility index (Phi) is 14.6. The molecule has 1 nitrogen and oxygen atoms in total. The summed E-state index contributed by atoms with van der Waals surface area (Å²) in [6.45, 7) is 32.1. The highest BCUT2D eigenvalue weighted by Gasteiger charge is 2.15. The van der Waals surface area contributed by atoms with Gasteiger partial charge in [0.2, 0.25) is 0 Å². The maximum atomic E-state index is 14.6. The molecule has 0 amide bonds. The fourth-order valence-corrected chi connectivity index (χ4v) is 2.56. The Labute approximate surface area is 204 Å². The smallest absolute Gasteiger partial charge is 0.166 e. The van der Waals surface area contributed by atoms with E-state index in [1.54, 1.807) is 6.08 Å². The van der Waals surface area contributed by atoms with Crippen molar-refractivity contribution in [2.75, 3.05) is 6.61 Å². The molecule has 186 valence electrons. The second-order valence-electron chi connectivity index (χ2n) is 8.46. The molecule has 4 heteroatoms. The molecule has 1 unspecified atom stereocenters. The van der Waals surface area contributed by atoms with Gasteiger partial charge >= 0.3 is 0 Å². The predicted molar refractivity (Wildman–Crippen MR) is 141 cm³/mol. The van der Waals surface area contributed by atoms with E-state index in [9.17, 15) is 13.2 Å². The van der Waals surface area contributed by atoms with Gasteiger partial charge in [0.05, 0.1) is 12.7 Å². The SMILES string of the molecule is C=CCCCCC(=C)/C(F)=C(/F)C(=C)C(=C)/C=C\C(=C)C(=C)/C(F)=C\C(=C)C(C)COC(C)C. The number of rotatable bonds is 17. The lowest BCUT2D eigenvalue weighted by atomic mass is 9.99. The van der Waals surface area contributed by atoms with Crippen molar-refractivity contribution in [1.82, 2.24) is 0 Å². The molecule has 0 aliphatic rings. The zero-order valence-electron chi connectivity index (χ0n) is 21.0. The van der Waals surface area contributed by atoms with Crippen LogP contribution in [0.3, 0.4) is 0 Å². The number of halogens is 3. The van der Waals surface area contributed by atoms with Gasteiger partial charge in [0.25, 0.3) is 0 Å². The lowest BCUT2D eigenvalue weighted by molar-refractivity contribution is 0.0633. The summed E-state index contributed by atoms with van der Waals surface area (Å²) in [7, 11) is 0. The van der Waals surface area contributed by atoms with Crippen molar-refractivity contribution in [1.29, 1.82) is 0 Å². The molecule has 0 spiro atoms. The monoisotopic (exact) mass is 472 g/mol. The van der Waals surface area contributed by atoms with E-state index in [1.807, 2.05) is 20.8 Å². The third kappa shape index (κ3) is 11.3. The van der Waals surface area contributed by atoms with Gasteiger partial charge in [-0.05, 0) is 67.9 Å². The van der Waals surface area contributed by atoms with Gasteiger partial charge in [0, 0.05) is 17.1 Å². The van der Waals surface area contributed by atoms with Crippen molar-refractivity contribution >= 4 is 0 Å². The summed E-state index contributed by atoms with van der Waals surface area (Å²) in [4.78, 5) is 0. The predicted octanol–water partition coefficient (Wildman–Crippen LogP) is 9.69. The molecule has 0 rings (SSSR count). The van der Waals surface area contributed by atoms with Crippen molar-refractivity contribution in [3.8, 4) is 0 Å². The number of hydrogen-bond acceptors (Lipinski definition) is 1. The Hall–Kier alpha value is -2.85. The van der Waals surface area contributed by atoms with Crippen LogP contribution in [0.25, 0.3) is 0 Å². The van der Waals surface area contributed by atoms with Crippen LogP contribution < -0.4 is 0 Å². The minimum atomic E-state index is -1.12. The minimum Gasteiger partial charge on any atom is -0.378 e. The number of ether oxygens (including phenoxy) is 1. The second-order valence-corrected chi connectivity index (χ2v) is 8.46. The molecular weight excluding hydrogens is 433 g/mol. The van der Waals surface area contributed by atoms with E-state index in [0.29, 0.717) is 25.0 Å². The van der Waals surface area contributed by atoms with Gasteiger partial charge in [-0.1, -0.05) is 64.6 Å². The summed E-state index contributed by atoms with van der Waals surface area (Å²) in [6.07, 6.45) is 8.58. The first-order valence-electron chi connectivity index (χ1n) is 11.3. The molecule has 0 fully saturated rings. The van der Waals surface area contributed by atoms with Crippen LogP contribution in [0.15, 0.2) is 121 Å². The molecule has 0 aliphatic carbocycles. The first kappa shape index (κ1) is 31.1. The molecule has 0 heterocycles. The number of unbranched alkanes of at least 4 members (excludes halogenated alkanes) is 2. The highest BCUT2D eigenvalue weighted by molar-refractivity contribution is 5.53. The van der Waals surface area contributed by atoms with E-state index in [1.165, 1.54) is 18.2 Å². The van der Waals surface area contributed by atoms with Crippen LogP contribution in [0, 0.1) is 5.92 Å². The zero-order chi connectivity index (χ0) is 26.4. The second kappa shape index (κ2) is 15.9. The molecule has 0 saturated carbocycles. The molecule has 0 radical (unpaired) electrons. The maximum Gasteiger partial charge on any atom is 0.166 e. The van der Waals surface area contributed by atoms with Gasteiger partial charge in [-0.15, -0.1) is 6.58 Å². The molecule has 0 saturated heterocycles. The highest BCUT2D eigenvalue weighted by atomic mass is 19.2. The molecule has 1 atom stereocenters. The van der Waals surface area contributed by atoms with Gasteiger partial charge in [-0.2, -0.15) is 0 Å². The van der Waals surface area contributed by atoms with E-state index in [4.69, 9.17) is 4.74 Å². The van der Waals surface area contributed by atoms with Crippen molar-refractivity contribution in [2.24, 2.45) is 5.92 Å². The maximum absolute atomic E-state index is 14.6. The number of allylic oxidation sites excluding steroid dienone is 12. The van der Waals surface area contributed by atoms with Gasteiger partial charge in [0.15, 0.2) is 11.7 Å². The first-order chi connectivity index (χ1) is 15.8. The van der Waals surface area contributed by atoms with Crippen molar-refractivity contribution in [2.45, 2.75) is 52.6 Å². The van der Waals surface area contributed by atoms with Crippen LogP contribution in [-0.2, 0) is 4.74 Å². The van der Waals surface area contributed by atoms with Crippen molar-refractivity contribution in [3.05, 3.63) is 121 Å². The van der Waals surface area contributed by atoms with Crippen LogP contribution in [-0.4, -0.2) is 12.7 Å². The molecule has 0 aromatic rings. The Morgan fingerprint density at radius 1 is 0.824 bits per heavy atom. The van der Waals surface area contributed by atoms with E-state index in [0.717, 1.165) is 12.8 Å². The molecule has 0 aromatic carbocycles. The van der Waals surface area contributed by atoms with E-state index >= 15 is 0 Å². The Morgan fingerprint density at radius 2 is 1.38 bits per heavy atom. The average molecular weight is 473 g/mol. The van der Waals surface area contributed by atoms with Crippen LogP contribution >= 0.6 is 0 Å². The first-order valence-corrected chi connectivity index (χ1v) is 11.3.